The molecule has 0 aliphatic rings. The highest BCUT2D eigenvalue weighted by Gasteiger charge is 2.13. The molecular formula is C6H8ClNO3S. The van der Waals surface area contributed by atoms with E-state index in [1.165, 1.54) is 0 Å². The molecule has 1 aromatic rings. The molecule has 0 aliphatic heterocycles. The third-order valence-electron chi connectivity index (χ3n) is 1.37. The van der Waals surface area contributed by atoms with Crippen LogP contribution in [0.4, 0.5) is 0 Å². The van der Waals surface area contributed by atoms with Gasteiger partial charge in [-0.25, -0.2) is 13.4 Å². The molecule has 0 saturated heterocycles. The highest BCUT2D eigenvalue weighted by Crippen LogP contribution is 2.12. The predicted molar refractivity (Wildman–Crippen MR) is 44.5 cm³/mol. The quantitative estimate of drug-likeness (QED) is 0.690. The molecule has 4 nitrogen and oxygen atoms in total. The van der Waals surface area contributed by atoms with E-state index in [9.17, 15) is 8.42 Å². The van der Waals surface area contributed by atoms with Gasteiger partial charge in [-0.15, -0.1) is 0 Å². The number of rotatable bonds is 2. The van der Waals surface area contributed by atoms with Gasteiger partial charge in [0.15, 0.2) is 0 Å². The summed E-state index contributed by atoms with van der Waals surface area (Å²) in [4.78, 5) is 3.87. The lowest BCUT2D eigenvalue weighted by Crippen LogP contribution is -1.94. The fraction of sp³-hybridized carbons (Fsp3) is 0.500. The van der Waals surface area contributed by atoms with Crippen LogP contribution in [0.15, 0.2) is 4.42 Å². The molecule has 0 spiro atoms. The van der Waals surface area contributed by atoms with Crippen LogP contribution >= 0.6 is 10.7 Å². The molecule has 68 valence electrons. The summed E-state index contributed by atoms with van der Waals surface area (Å²) in [6.45, 7) is 3.45. The third-order valence-corrected chi connectivity index (χ3v) is 2.29. The lowest BCUT2D eigenvalue weighted by molar-refractivity contribution is 0.485. The van der Waals surface area contributed by atoms with E-state index in [2.05, 4.69) is 4.98 Å². The van der Waals surface area contributed by atoms with Crippen molar-refractivity contribution in [1.82, 2.24) is 4.98 Å². The molecule has 1 heterocycles. The van der Waals surface area contributed by atoms with Gasteiger partial charge in [0.25, 0.3) is 0 Å². The van der Waals surface area contributed by atoms with Crippen molar-refractivity contribution in [2.75, 3.05) is 0 Å². The van der Waals surface area contributed by atoms with Crippen molar-refractivity contribution < 1.29 is 12.8 Å². The van der Waals surface area contributed by atoms with Crippen LogP contribution in [0.3, 0.4) is 0 Å². The first-order valence-electron chi connectivity index (χ1n) is 3.24. The summed E-state index contributed by atoms with van der Waals surface area (Å²) in [6.07, 6.45) is 0. The minimum atomic E-state index is -3.56. The zero-order valence-electron chi connectivity index (χ0n) is 6.67. The summed E-state index contributed by atoms with van der Waals surface area (Å²) < 4.78 is 26.2. The maximum Gasteiger partial charge on any atom is 0.241 e. The zero-order chi connectivity index (χ0) is 9.35. The normalized spacial score (nSPS) is 11.9. The van der Waals surface area contributed by atoms with Crippen LogP contribution in [0.5, 0.6) is 0 Å². The second-order valence-electron chi connectivity index (χ2n) is 2.43. The fourth-order valence-electron chi connectivity index (χ4n) is 0.748. The van der Waals surface area contributed by atoms with Crippen LogP contribution in [0.1, 0.15) is 17.3 Å². The van der Waals surface area contributed by atoms with Crippen LogP contribution in [0.25, 0.3) is 0 Å². The molecule has 6 heteroatoms. The molecule has 0 aromatic carbocycles. The van der Waals surface area contributed by atoms with Crippen LogP contribution < -0.4 is 0 Å². The van der Waals surface area contributed by atoms with Gasteiger partial charge in [-0.2, -0.15) is 0 Å². The Bertz CT molecular complexity index is 362. The van der Waals surface area contributed by atoms with Crippen LogP contribution in [-0.4, -0.2) is 13.4 Å². The molecule has 0 saturated carbocycles. The second-order valence-corrected chi connectivity index (χ2v) is 5.21. The summed E-state index contributed by atoms with van der Waals surface area (Å²) in [6, 6.07) is 0. The van der Waals surface area contributed by atoms with Crippen molar-refractivity contribution in [3.8, 4) is 0 Å². The maximum absolute atomic E-state index is 10.6. The smallest absolute Gasteiger partial charge is 0.241 e. The average Bonchev–Trinajstić information content (AvgIpc) is 2.07. The molecule has 0 aliphatic carbocycles. The number of aromatic nitrogens is 1. The Morgan fingerprint density at radius 3 is 2.42 bits per heavy atom. The Morgan fingerprint density at radius 1 is 1.50 bits per heavy atom. The van der Waals surface area contributed by atoms with Gasteiger partial charge < -0.3 is 4.42 Å². The minimum absolute atomic E-state index is 0.139. The van der Waals surface area contributed by atoms with Gasteiger partial charge in [-0.1, -0.05) is 0 Å². The van der Waals surface area contributed by atoms with E-state index >= 15 is 0 Å². The summed E-state index contributed by atoms with van der Waals surface area (Å²) >= 11 is 0. The maximum atomic E-state index is 10.6. The topological polar surface area (TPSA) is 60.2 Å². The Balaban J connectivity index is 2.92. The first kappa shape index (κ1) is 9.54. The van der Waals surface area contributed by atoms with E-state index < -0.39 is 9.05 Å². The molecule has 1 aromatic heterocycles. The van der Waals surface area contributed by atoms with Crippen molar-refractivity contribution in [1.29, 1.82) is 0 Å². The lowest BCUT2D eigenvalue weighted by Gasteiger charge is -1.87. The van der Waals surface area contributed by atoms with E-state index in [1.807, 2.05) is 0 Å². The molecular weight excluding hydrogens is 202 g/mol. The first-order chi connectivity index (χ1) is 5.38. The number of hydrogen-bond acceptors (Lipinski definition) is 4. The van der Waals surface area contributed by atoms with E-state index in [-0.39, 0.29) is 11.6 Å². The number of aryl methyl sites for hydroxylation is 2. The average molecular weight is 210 g/mol. The standard InChI is InChI=1S/C6H8ClNO3S/c1-4-5(2)11-6(8-4)3-12(7,9)10/h3H2,1-2H3. The second kappa shape index (κ2) is 3.06. The summed E-state index contributed by atoms with van der Waals surface area (Å²) in [5, 5.41) is 0. The van der Waals surface area contributed by atoms with Gasteiger partial charge in [0.05, 0.1) is 5.69 Å². The van der Waals surface area contributed by atoms with Crippen LogP contribution in [0, 0.1) is 13.8 Å². The number of nitrogens with zero attached hydrogens (tertiary/aromatic N) is 1. The minimum Gasteiger partial charge on any atom is -0.445 e. The fourth-order valence-corrected chi connectivity index (χ4v) is 1.45. The van der Waals surface area contributed by atoms with E-state index in [4.69, 9.17) is 15.1 Å². The highest BCUT2D eigenvalue weighted by atomic mass is 35.7. The van der Waals surface area contributed by atoms with Gasteiger partial charge in [0, 0.05) is 10.7 Å². The van der Waals surface area contributed by atoms with E-state index in [1.54, 1.807) is 13.8 Å². The molecule has 0 amide bonds. The van der Waals surface area contributed by atoms with E-state index in [0.29, 0.717) is 11.5 Å². The number of hydrogen-bond donors (Lipinski definition) is 0. The largest absolute Gasteiger partial charge is 0.445 e. The highest BCUT2D eigenvalue weighted by molar-refractivity contribution is 8.13. The first-order valence-corrected chi connectivity index (χ1v) is 5.71. The van der Waals surface area contributed by atoms with Gasteiger partial charge in [-0.05, 0) is 13.8 Å². The van der Waals surface area contributed by atoms with Gasteiger partial charge in [0.2, 0.25) is 14.9 Å². The lowest BCUT2D eigenvalue weighted by atomic mass is 10.4. The monoisotopic (exact) mass is 209 g/mol. The molecule has 0 atom stereocenters. The Labute approximate surface area is 75.0 Å². The van der Waals surface area contributed by atoms with E-state index in [0.717, 1.165) is 0 Å². The summed E-state index contributed by atoms with van der Waals surface area (Å²) in [5.74, 6) is 0.397. The molecule has 12 heavy (non-hydrogen) atoms. The van der Waals surface area contributed by atoms with Gasteiger partial charge >= 0.3 is 0 Å². The molecule has 0 unspecified atom stereocenters. The van der Waals surface area contributed by atoms with Crippen LogP contribution in [0.2, 0.25) is 0 Å². The number of oxazole rings is 1. The molecule has 1 rings (SSSR count). The van der Waals surface area contributed by atoms with Crippen molar-refractivity contribution >= 4 is 19.7 Å². The molecule has 0 radical (unpaired) electrons. The Morgan fingerprint density at radius 2 is 2.08 bits per heavy atom. The Hall–Kier alpha value is -0.550. The van der Waals surface area contributed by atoms with Crippen molar-refractivity contribution in [2.24, 2.45) is 0 Å². The summed E-state index contributed by atoms with van der Waals surface area (Å²) in [7, 11) is 1.44. The Kier molecular flexibility index (Phi) is 2.44. The molecule has 0 N–H and O–H groups in total. The third kappa shape index (κ3) is 2.49. The predicted octanol–water partition coefficient (Wildman–Crippen LogP) is 1.36. The van der Waals surface area contributed by atoms with Crippen molar-refractivity contribution in [3.63, 3.8) is 0 Å². The SMILES string of the molecule is Cc1nc(CS(=O)(=O)Cl)oc1C. The van der Waals surface area contributed by atoms with Gasteiger partial charge in [-0.3, -0.25) is 0 Å². The number of halogens is 1. The van der Waals surface area contributed by atoms with Crippen molar-refractivity contribution in [2.45, 2.75) is 19.6 Å². The molecule has 0 bridgehead atoms. The zero-order valence-corrected chi connectivity index (χ0v) is 8.24. The molecule has 0 fully saturated rings. The van der Waals surface area contributed by atoms with Gasteiger partial charge in [0.1, 0.15) is 11.5 Å². The van der Waals surface area contributed by atoms with Crippen molar-refractivity contribution in [3.05, 3.63) is 17.3 Å². The summed E-state index contributed by atoms with van der Waals surface area (Å²) in [5.41, 5.74) is 0.685. The van der Waals surface area contributed by atoms with Crippen LogP contribution in [-0.2, 0) is 14.8 Å².